The van der Waals surface area contributed by atoms with Gasteiger partial charge in [-0.2, -0.15) is 23.4 Å². The maximum Gasteiger partial charge on any atom is 0.435 e. The SMILES string of the molecule is O=C(Nc1cc(-c2ccccc2)n[nH]1)Nc1cnn(-c2ccc(Cl)cc2)c1C(F)(F)F. The van der Waals surface area contributed by atoms with Crippen molar-refractivity contribution in [2.45, 2.75) is 6.18 Å². The van der Waals surface area contributed by atoms with E-state index < -0.39 is 23.6 Å². The normalized spacial score (nSPS) is 11.4. The molecule has 31 heavy (non-hydrogen) atoms. The maximum absolute atomic E-state index is 13.7. The molecule has 0 saturated carbocycles. The number of aromatic nitrogens is 4. The van der Waals surface area contributed by atoms with Crippen molar-refractivity contribution < 1.29 is 18.0 Å². The lowest BCUT2D eigenvalue weighted by Gasteiger charge is -2.13. The molecular weight excluding hydrogens is 433 g/mol. The van der Waals surface area contributed by atoms with Crippen LogP contribution in [0.1, 0.15) is 5.69 Å². The summed E-state index contributed by atoms with van der Waals surface area (Å²) in [4.78, 5) is 12.3. The molecule has 158 valence electrons. The van der Waals surface area contributed by atoms with Gasteiger partial charge >= 0.3 is 12.2 Å². The molecule has 0 radical (unpaired) electrons. The molecule has 0 aliphatic heterocycles. The largest absolute Gasteiger partial charge is 0.435 e. The molecule has 0 spiro atoms. The Hall–Kier alpha value is -3.79. The number of hydrogen-bond donors (Lipinski definition) is 3. The smallest absolute Gasteiger partial charge is 0.304 e. The van der Waals surface area contributed by atoms with Gasteiger partial charge in [0.1, 0.15) is 5.82 Å². The van der Waals surface area contributed by atoms with Crippen LogP contribution in [0.25, 0.3) is 16.9 Å². The van der Waals surface area contributed by atoms with Gasteiger partial charge in [0.05, 0.1) is 23.3 Å². The van der Waals surface area contributed by atoms with Gasteiger partial charge in [0.2, 0.25) is 0 Å². The lowest BCUT2D eigenvalue weighted by Crippen LogP contribution is -2.22. The third-order valence-corrected chi connectivity index (χ3v) is 4.50. The molecule has 4 rings (SSSR count). The highest BCUT2D eigenvalue weighted by Crippen LogP contribution is 2.36. The Kier molecular flexibility index (Phi) is 5.38. The summed E-state index contributed by atoms with van der Waals surface area (Å²) in [5.41, 5.74) is -0.0909. The van der Waals surface area contributed by atoms with Crippen LogP contribution in [0.3, 0.4) is 0 Å². The second kappa shape index (κ2) is 8.15. The third-order valence-electron chi connectivity index (χ3n) is 4.25. The second-order valence-corrected chi connectivity index (χ2v) is 6.84. The van der Waals surface area contributed by atoms with Crippen LogP contribution in [0.2, 0.25) is 5.02 Å². The van der Waals surface area contributed by atoms with Gasteiger partial charge in [0.15, 0.2) is 5.69 Å². The summed E-state index contributed by atoms with van der Waals surface area (Å²) in [5.74, 6) is 0.218. The van der Waals surface area contributed by atoms with Gasteiger partial charge in [0.25, 0.3) is 0 Å². The highest BCUT2D eigenvalue weighted by atomic mass is 35.5. The number of carbonyl (C=O) groups is 1. The molecule has 0 aliphatic carbocycles. The number of urea groups is 1. The minimum Gasteiger partial charge on any atom is -0.304 e. The Morgan fingerprint density at radius 1 is 1.03 bits per heavy atom. The van der Waals surface area contributed by atoms with Crippen LogP contribution < -0.4 is 10.6 Å². The van der Waals surface area contributed by atoms with E-state index in [4.69, 9.17) is 11.6 Å². The molecule has 0 atom stereocenters. The van der Waals surface area contributed by atoms with Crippen molar-refractivity contribution in [2.24, 2.45) is 0 Å². The van der Waals surface area contributed by atoms with Crippen LogP contribution in [0, 0.1) is 0 Å². The van der Waals surface area contributed by atoms with Crippen LogP contribution in [-0.4, -0.2) is 26.0 Å². The summed E-state index contributed by atoms with van der Waals surface area (Å²) in [6, 6.07) is 15.5. The number of rotatable bonds is 4. The maximum atomic E-state index is 13.7. The van der Waals surface area contributed by atoms with Gasteiger partial charge in [-0.25, -0.2) is 9.48 Å². The van der Waals surface area contributed by atoms with Crippen molar-refractivity contribution in [3.63, 3.8) is 0 Å². The van der Waals surface area contributed by atoms with Crippen LogP contribution in [0.4, 0.5) is 29.5 Å². The van der Waals surface area contributed by atoms with Gasteiger partial charge in [-0.3, -0.25) is 10.4 Å². The molecule has 0 aliphatic rings. The van der Waals surface area contributed by atoms with Crippen molar-refractivity contribution in [2.75, 3.05) is 10.6 Å². The van der Waals surface area contributed by atoms with E-state index in [2.05, 4.69) is 25.9 Å². The summed E-state index contributed by atoms with van der Waals surface area (Å²) in [6.07, 6.45) is -3.84. The van der Waals surface area contributed by atoms with Crippen molar-refractivity contribution in [1.82, 2.24) is 20.0 Å². The Morgan fingerprint density at radius 2 is 1.74 bits per heavy atom. The van der Waals surface area contributed by atoms with Crippen molar-refractivity contribution >= 4 is 29.1 Å². The van der Waals surface area contributed by atoms with E-state index >= 15 is 0 Å². The first kappa shape index (κ1) is 20.5. The number of alkyl halides is 3. The number of amides is 2. The number of H-pyrrole nitrogens is 1. The van der Waals surface area contributed by atoms with Crippen molar-refractivity contribution in [3.05, 3.63) is 77.6 Å². The summed E-state index contributed by atoms with van der Waals surface area (Å²) in [7, 11) is 0. The predicted octanol–water partition coefficient (Wildman–Crippen LogP) is 5.58. The van der Waals surface area contributed by atoms with Crippen LogP contribution in [0.5, 0.6) is 0 Å². The lowest BCUT2D eigenvalue weighted by atomic mass is 10.2. The Balaban J connectivity index is 1.55. The fourth-order valence-corrected chi connectivity index (χ4v) is 3.04. The number of hydrogen-bond acceptors (Lipinski definition) is 3. The number of halogens is 4. The average Bonchev–Trinajstić information content (AvgIpc) is 3.36. The molecule has 0 bridgehead atoms. The molecular formula is C20H14ClF3N6O. The lowest BCUT2D eigenvalue weighted by molar-refractivity contribution is -0.142. The molecule has 2 heterocycles. The van der Waals surface area contributed by atoms with Gasteiger partial charge in [-0.15, -0.1) is 0 Å². The summed E-state index contributed by atoms with van der Waals surface area (Å²) in [6.45, 7) is 0. The quantitative estimate of drug-likeness (QED) is 0.382. The van der Waals surface area contributed by atoms with E-state index in [1.165, 1.54) is 24.3 Å². The minimum absolute atomic E-state index is 0.145. The van der Waals surface area contributed by atoms with Crippen LogP contribution in [-0.2, 0) is 6.18 Å². The number of nitrogens with one attached hydrogen (secondary N) is 3. The van der Waals surface area contributed by atoms with Gasteiger partial charge in [-0.05, 0) is 24.3 Å². The Bertz CT molecular complexity index is 1200. The molecule has 0 saturated heterocycles. The average molecular weight is 447 g/mol. The van der Waals surface area contributed by atoms with E-state index in [-0.39, 0.29) is 11.5 Å². The van der Waals surface area contributed by atoms with E-state index in [0.29, 0.717) is 15.4 Å². The highest BCUT2D eigenvalue weighted by Gasteiger charge is 2.39. The molecule has 11 heteroatoms. The molecule has 0 unspecified atom stereocenters. The summed E-state index contributed by atoms with van der Waals surface area (Å²) in [5, 5.41) is 15.5. The molecule has 7 nitrogen and oxygen atoms in total. The number of benzene rings is 2. The molecule has 4 aromatic rings. The van der Waals surface area contributed by atoms with E-state index in [9.17, 15) is 18.0 Å². The number of aromatic amines is 1. The van der Waals surface area contributed by atoms with E-state index in [1.54, 1.807) is 6.07 Å². The fourth-order valence-electron chi connectivity index (χ4n) is 2.91. The minimum atomic E-state index is -4.77. The first-order valence-electron chi connectivity index (χ1n) is 8.91. The van der Waals surface area contributed by atoms with Crippen molar-refractivity contribution in [1.29, 1.82) is 0 Å². The summed E-state index contributed by atoms with van der Waals surface area (Å²) < 4.78 is 41.8. The third kappa shape index (κ3) is 4.53. The number of anilines is 2. The first-order chi connectivity index (χ1) is 14.8. The monoisotopic (exact) mass is 446 g/mol. The Morgan fingerprint density at radius 3 is 2.42 bits per heavy atom. The van der Waals surface area contributed by atoms with Gasteiger partial charge < -0.3 is 5.32 Å². The standard InChI is InChI=1S/C20H14ClF3N6O/c21-13-6-8-14(9-7-13)30-18(20(22,23)24)16(11-25-30)26-19(31)27-17-10-15(28-29-17)12-4-2-1-3-5-12/h1-11H,(H3,26,27,28,29,31). The predicted molar refractivity (Wildman–Crippen MR) is 110 cm³/mol. The Labute approximate surface area is 178 Å². The van der Waals surface area contributed by atoms with Gasteiger partial charge in [0, 0.05) is 16.7 Å². The zero-order valence-electron chi connectivity index (χ0n) is 15.6. The van der Waals surface area contributed by atoms with Crippen molar-refractivity contribution in [3.8, 4) is 16.9 Å². The van der Waals surface area contributed by atoms with Crippen LogP contribution in [0.15, 0.2) is 66.9 Å². The zero-order chi connectivity index (χ0) is 22.0. The fraction of sp³-hybridized carbons (Fsp3) is 0.0500. The molecule has 2 amide bonds. The molecule has 2 aromatic carbocycles. The molecule has 3 N–H and O–H groups in total. The van der Waals surface area contributed by atoms with E-state index in [1.807, 2.05) is 30.3 Å². The topological polar surface area (TPSA) is 87.6 Å². The number of nitrogens with zero attached hydrogens (tertiary/aromatic N) is 3. The number of carbonyl (C=O) groups excluding carboxylic acids is 1. The molecule has 0 fully saturated rings. The summed E-state index contributed by atoms with van der Waals surface area (Å²) >= 11 is 5.80. The first-order valence-corrected chi connectivity index (χ1v) is 9.29. The highest BCUT2D eigenvalue weighted by molar-refractivity contribution is 6.30. The van der Waals surface area contributed by atoms with Crippen LogP contribution >= 0.6 is 11.6 Å². The van der Waals surface area contributed by atoms with E-state index in [0.717, 1.165) is 11.8 Å². The zero-order valence-corrected chi connectivity index (χ0v) is 16.4. The molecule has 2 aromatic heterocycles. The van der Waals surface area contributed by atoms with Gasteiger partial charge in [-0.1, -0.05) is 41.9 Å². The second-order valence-electron chi connectivity index (χ2n) is 6.40.